The van der Waals surface area contributed by atoms with Crippen molar-refractivity contribution in [2.45, 2.75) is 0 Å². The smallest absolute Gasteiger partial charge is 0.255 e. The summed E-state index contributed by atoms with van der Waals surface area (Å²) in [7, 11) is 0. The average Bonchev–Trinajstić information content (AvgIpc) is 2.79. The molecule has 1 heterocycles. The molecule has 0 unspecified atom stereocenters. The molecular weight excluding hydrogens is 392 g/mol. The van der Waals surface area contributed by atoms with Crippen LogP contribution in [0.25, 0.3) is 11.1 Å². The minimum atomic E-state index is -0.353. The molecule has 158 valence electrons. The number of nitrogens with zero attached hydrogens (tertiary/aromatic N) is 1. The monoisotopic (exact) mass is 416 g/mol. The van der Waals surface area contributed by atoms with Gasteiger partial charge < -0.3 is 26.4 Å². The molecule has 4 rings (SSSR count). The number of carbonyl (C=O) groups excluding carboxylic acids is 2. The quantitative estimate of drug-likeness (QED) is 0.489. The topological polar surface area (TPSA) is 108 Å². The first-order chi connectivity index (χ1) is 15.0. The molecule has 1 aliphatic heterocycles. The van der Waals surface area contributed by atoms with Gasteiger partial charge in [0.05, 0.1) is 0 Å². The van der Waals surface area contributed by atoms with Crippen molar-refractivity contribution >= 4 is 23.2 Å². The van der Waals surface area contributed by atoms with Crippen molar-refractivity contribution in [3.05, 3.63) is 77.9 Å². The fraction of sp³-hybridized carbons (Fsp3) is 0.167. The van der Waals surface area contributed by atoms with Crippen LogP contribution in [0, 0.1) is 0 Å². The van der Waals surface area contributed by atoms with E-state index in [4.69, 9.17) is 5.73 Å². The van der Waals surface area contributed by atoms with E-state index in [1.54, 1.807) is 48.5 Å². The second-order valence-electron chi connectivity index (χ2n) is 7.47. The number of aromatic hydroxyl groups is 1. The van der Waals surface area contributed by atoms with Crippen molar-refractivity contribution in [3.63, 3.8) is 0 Å². The number of benzene rings is 3. The number of hydrogen-bond donors (Lipinski definition) is 4. The number of rotatable bonds is 4. The normalized spacial score (nSPS) is 13.6. The van der Waals surface area contributed by atoms with Crippen LogP contribution >= 0.6 is 0 Å². The Morgan fingerprint density at radius 1 is 0.903 bits per heavy atom. The predicted molar refractivity (Wildman–Crippen MR) is 121 cm³/mol. The zero-order chi connectivity index (χ0) is 21.8. The van der Waals surface area contributed by atoms with Gasteiger partial charge in [-0.15, -0.1) is 0 Å². The van der Waals surface area contributed by atoms with Gasteiger partial charge in [0.15, 0.2) is 0 Å². The Bertz CT molecular complexity index is 1110. The van der Waals surface area contributed by atoms with Gasteiger partial charge in [-0.1, -0.05) is 18.2 Å². The number of phenols is 1. The number of carbonyl (C=O) groups is 2. The number of anilines is 2. The molecule has 3 aromatic rings. The van der Waals surface area contributed by atoms with E-state index in [2.05, 4.69) is 10.6 Å². The molecule has 31 heavy (non-hydrogen) atoms. The van der Waals surface area contributed by atoms with E-state index < -0.39 is 0 Å². The van der Waals surface area contributed by atoms with Gasteiger partial charge in [-0.25, -0.2) is 0 Å². The molecule has 1 saturated heterocycles. The Balaban J connectivity index is 1.53. The van der Waals surface area contributed by atoms with E-state index in [1.807, 2.05) is 17.0 Å². The highest BCUT2D eigenvalue weighted by Crippen LogP contribution is 2.27. The van der Waals surface area contributed by atoms with Crippen molar-refractivity contribution in [1.82, 2.24) is 10.2 Å². The zero-order valence-corrected chi connectivity index (χ0v) is 17.0. The van der Waals surface area contributed by atoms with Crippen LogP contribution in [0.1, 0.15) is 20.7 Å². The van der Waals surface area contributed by atoms with E-state index in [-0.39, 0.29) is 17.6 Å². The highest BCUT2D eigenvalue weighted by atomic mass is 16.3. The van der Waals surface area contributed by atoms with Crippen molar-refractivity contribution < 1.29 is 14.7 Å². The van der Waals surface area contributed by atoms with Gasteiger partial charge in [-0.3, -0.25) is 9.59 Å². The lowest BCUT2D eigenvalue weighted by atomic mass is 10.0. The van der Waals surface area contributed by atoms with E-state index in [0.717, 1.165) is 18.7 Å². The van der Waals surface area contributed by atoms with Crippen LogP contribution in [0.2, 0.25) is 0 Å². The van der Waals surface area contributed by atoms with Crippen molar-refractivity contribution in [3.8, 4) is 16.9 Å². The Hall–Kier alpha value is -3.84. The SMILES string of the molecule is Nc1cccc(NC(=O)c2cc(O)cc(-c3ccc(C(=O)N4CCNCC4)cc3)c2)c1. The maximum Gasteiger partial charge on any atom is 0.255 e. The van der Waals surface area contributed by atoms with Crippen LogP contribution in [0.3, 0.4) is 0 Å². The third kappa shape index (κ3) is 4.84. The molecule has 0 spiro atoms. The molecule has 2 amide bonds. The molecule has 1 aliphatic rings. The van der Waals surface area contributed by atoms with Crippen LogP contribution < -0.4 is 16.4 Å². The maximum atomic E-state index is 12.7. The van der Waals surface area contributed by atoms with Crippen LogP contribution in [-0.2, 0) is 0 Å². The summed E-state index contributed by atoms with van der Waals surface area (Å²) in [5.74, 6) is -0.365. The molecule has 0 bridgehead atoms. The minimum absolute atomic E-state index is 0.00570. The number of nitrogens with one attached hydrogen (secondary N) is 2. The second-order valence-corrected chi connectivity index (χ2v) is 7.47. The molecule has 7 heteroatoms. The summed E-state index contributed by atoms with van der Waals surface area (Å²) >= 11 is 0. The molecule has 3 aromatic carbocycles. The lowest BCUT2D eigenvalue weighted by Gasteiger charge is -2.27. The average molecular weight is 416 g/mol. The fourth-order valence-electron chi connectivity index (χ4n) is 3.58. The van der Waals surface area contributed by atoms with Crippen molar-refractivity contribution in [1.29, 1.82) is 0 Å². The predicted octanol–water partition coefficient (Wildman–Crippen LogP) is 2.94. The summed E-state index contributed by atoms with van der Waals surface area (Å²) in [6.07, 6.45) is 0. The Morgan fingerprint density at radius 3 is 2.35 bits per heavy atom. The Kier molecular flexibility index (Phi) is 5.86. The third-order valence-corrected chi connectivity index (χ3v) is 5.19. The summed E-state index contributed by atoms with van der Waals surface area (Å²) in [4.78, 5) is 27.1. The standard InChI is InChI=1S/C24H24N4O3/c25-20-2-1-3-21(15-20)27-23(30)19-12-18(13-22(29)14-19)16-4-6-17(7-5-16)24(31)28-10-8-26-9-11-28/h1-7,12-15,26,29H,8-11,25H2,(H,27,30). The second kappa shape index (κ2) is 8.89. The van der Waals surface area contributed by atoms with E-state index >= 15 is 0 Å². The van der Waals surface area contributed by atoms with Gasteiger partial charge in [0.25, 0.3) is 11.8 Å². The van der Waals surface area contributed by atoms with Crippen molar-refractivity contribution in [2.75, 3.05) is 37.2 Å². The lowest BCUT2D eigenvalue weighted by molar-refractivity contribution is 0.0735. The van der Waals surface area contributed by atoms with Crippen molar-refractivity contribution in [2.24, 2.45) is 0 Å². The summed E-state index contributed by atoms with van der Waals surface area (Å²) in [5.41, 5.74) is 9.29. The van der Waals surface area contributed by atoms with E-state index in [0.29, 0.717) is 41.2 Å². The molecule has 7 nitrogen and oxygen atoms in total. The number of nitrogen functional groups attached to an aromatic ring is 1. The Labute approximate surface area is 180 Å². The number of nitrogens with two attached hydrogens (primary N) is 1. The largest absolute Gasteiger partial charge is 0.508 e. The molecule has 1 fully saturated rings. The van der Waals surface area contributed by atoms with E-state index in [1.165, 1.54) is 6.07 Å². The summed E-state index contributed by atoms with van der Waals surface area (Å²) in [6.45, 7) is 2.98. The molecule has 0 aliphatic carbocycles. The van der Waals surface area contributed by atoms with Crippen LogP contribution in [0.4, 0.5) is 11.4 Å². The third-order valence-electron chi connectivity index (χ3n) is 5.19. The summed E-state index contributed by atoms with van der Waals surface area (Å²) in [5, 5.41) is 16.2. The van der Waals surface area contributed by atoms with Gasteiger partial charge in [0.2, 0.25) is 0 Å². The summed E-state index contributed by atoms with van der Waals surface area (Å²) < 4.78 is 0. The minimum Gasteiger partial charge on any atom is -0.508 e. The van der Waals surface area contributed by atoms with Gasteiger partial charge >= 0.3 is 0 Å². The first kappa shape index (κ1) is 20.4. The zero-order valence-electron chi connectivity index (χ0n) is 17.0. The van der Waals surface area contributed by atoms with E-state index in [9.17, 15) is 14.7 Å². The van der Waals surface area contributed by atoms with Crippen LogP contribution in [0.15, 0.2) is 66.7 Å². The lowest BCUT2D eigenvalue weighted by Crippen LogP contribution is -2.46. The number of phenolic OH excluding ortho intramolecular Hbond substituents is 1. The maximum absolute atomic E-state index is 12.7. The molecule has 0 radical (unpaired) electrons. The molecule has 0 aromatic heterocycles. The fourth-order valence-corrected chi connectivity index (χ4v) is 3.58. The number of piperazine rings is 1. The molecule has 0 atom stereocenters. The van der Waals surface area contributed by atoms with Gasteiger partial charge in [0, 0.05) is 48.7 Å². The summed E-state index contributed by atoms with van der Waals surface area (Å²) in [6, 6.07) is 18.8. The van der Waals surface area contributed by atoms with Crippen LogP contribution in [-0.4, -0.2) is 48.0 Å². The number of amides is 2. The van der Waals surface area contributed by atoms with Gasteiger partial charge in [0.1, 0.15) is 5.75 Å². The first-order valence-corrected chi connectivity index (χ1v) is 10.1. The Morgan fingerprint density at radius 2 is 1.65 bits per heavy atom. The first-order valence-electron chi connectivity index (χ1n) is 10.1. The molecular formula is C24H24N4O3. The molecule has 5 N–H and O–H groups in total. The van der Waals surface area contributed by atoms with Gasteiger partial charge in [-0.2, -0.15) is 0 Å². The van der Waals surface area contributed by atoms with Crippen LogP contribution in [0.5, 0.6) is 5.75 Å². The van der Waals surface area contributed by atoms with Gasteiger partial charge in [-0.05, 0) is 59.7 Å². The number of hydrogen-bond acceptors (Lipinski definition) is 5. The molecule has 0 saturated carbocycles. The highest BCUT2D eigenvalue weighted by molar-refractivity contribution is 6.05. The highest BCUT2D eigenvalue weighted by Gasteiger charge is 2.18.